The minimum absolute atomic E-state index is 0.185. The van der Waals surface area contributed by atoms with E-state index in [1.54, 1.807) is 24.5 Å². The largest absolute Gasteiger partial charge is 0.437 e. The van der Waals surface area contributed by atoms with Crippen molar-refractivity contribution in [1.29, 1.82) is 0 Å². The molecular formula is C27H35FN4O2. The van der Waals surface area contributed by atoms with E-state index in [9.17, 15) is 9.18 Å². The van der Waals surface area contributed by atoms with Crippen molar-refractivity contribution in [2.24, 2.45) is 5.41 Å². The molecule has 0 unspecified atom stereocenters. The lowest BCUT2D eigenvalue weighted by molar-refractivity contribution is -0.145. The van der Waals surface area contributed by atoms with Crippen LogP contribution in [0.1, 0.15) is 69.9 Å². The number of hydrogen-bond acceptors (Lipinski definition) is 5. The lowest BCUT2D eigenvalue weighted by Gasteiger charge is -2.44. The van der Waals surface area contributed by atoms with Crippen LogP contribution >= 0.6 is 0 Å². The Bertz CT molecular complexity index is 976. The van der Waals surface area contributed by atoms with Gasteiger partial charge in [0.1, 0.15) is 17.3 Å². The summed E-state index contributed by atoms with van der Waals surface area (Å²) in [6, 6.07) is 6.66. The van der Waals surface area contributed by atoms with Gasteiger partial charge in [-0.05, 0) is 75.9 Å². The molecule has 0 spiro atoms. The number of halogens is 1. The summed E-state index contributed by atoms with van der Waals surface area (Å²) in [4.78, 5) is 27.2. The molecule has 3 fully saturated rings. The Balaban J connectivity index is 1.18. The SMILES string of the molecule is CC1(C(=O)N2CCC(c3nccnc3Oc3ccc(F)cc3)CC2)CCN(C2CCCC2)CC1. The quantitative estimate of drug-likeness (QED) is 0.609. The van der Waals surface area contributed by atoms with Gasteiger partial charge < -0.3 is 14.5 Å². The van der Waals surface area contributed by atoms with E-state index in [-0.39, 0.29) is 17.2 Å². The van der Waals surface area contributed by atoms with Crippen molar-refractivity contribution >= 4 is 5.91 Å². The number of likely N-dealkylation sites (tertiary alicyclic amines) is 2. The predicted molar refractivity (Wildman–Crippen MR) is 128 cm³/mol. The van der Waals surface area contributed by atoms with Crippen LogP contribution in [-0.4, -0.2) is 57.9 Å². The van der Waals surface area contributed by atoms with Gasteiger partial charge >= 0.3 is 0 Å². The summed E-state index contributed by atoms with van der Waals surface area (Å²) >= 11 is 0. The molecule has 5 rings (SSSR count). The van der Waals surface area contributed by atoms with Crippen LogP contribution in [-0.2, 0) is 4.79 Å². The van der Waals surface area contributed by atoms with E-state index in [2.05, 4.69) is 26.7 Å². The standard InChI is InChI=1S/C27H35FN4O2/c1-27(12-18-31(19-13-27)22-4-2-3-5-22)26(33)32-16-10-20(11-17-32)24-25(30-15-14-29-24)34-23-8-6-21(28)7-9-23/h6-9,14-15,20,22H,2-5,10-13,16-19H2,1H3. The average Bonchev–Trinajstić information content (AvgIpc) is 3.41. The van der Waals surface area contributed by atoms with Gasteiger partial charge in [-0.3, -0.25) is 9.78 Å². The zero-order valence-electron chi connectivity index (χ0n) is 20.1. The highest BCUT2D eigenvalue weighted by Crippen LogP contribution is 2.39. The van der Waals surface area contributed by atoms with Crippen molar-refractivity contribution in [3.63, 3.8) is 0 Å². The van der Waals surface area contributed by atoms with Crippen molar-refractivity contribution in [3.05, 3.63) is 48.2 Å². The molecule has 3 heterocycles. The molecule has 3 aliphatic rings. The minimum Gasteiger partial charge on any atom is -0.437 e. The third-order valence-electron chi connectivity index (χ3n) is 8.15. The van der Waals surface area contributed by atoms with Gasteiger partial charge in [0.05, 0.1) is 0 Å². The van der Waals surface area contributed by atoms with Crippen LogP contribution in [0.4, 0.5) is 4.39 Å². The van der Waals surface area contributed by atoms with Crippen LogP contribution < -0.4 is 4.74 Å². The molecule has 6 nitrogen and oxygen atoms in total. The smallest absolute Gasteiger partial charge is 0.241 e. The van der Waals surface area contributed by atoms with E-state index in [1.165, 1.54) is 37.8 Å². The van der Waals surface area contributed by atoms with Gasteiger partial charge in [-0.2, -0.15) is 0 Å². The summed E-state index contributed by atoms with van der Waals surface area (Å²) in [7, 11) is 0. The fourth-order valence-corrected chi connectivity index (χ4v) is 5.91. The number of carbonyl (C=O) groups excluding carboxylic acids is 1. The number of rotatable bonds is 5. The normalized spacial score (nSPS) is 22.1. The Hall–Kier alpha value is -2.54. The fourth-order valence-electron chi connectivity index (χ4n) is 5.91. The molecule has 1 amide bonds. The topological polar surface area (TPSA) is 58.6 Å². The summed E-state index contributed by atoms with van der Waals surface area (Å²) in [6.07, 6.45) is 12.3. The van der Waals surface area contributed by atoms with Crippen molar-refractivity contribution in [2.45, 2.75) is 70.3 Å². The molecule has 2 aliphatic heterocycles. The Morgan fingerprint density at radius 3 is 2.29 bits per heavy atom. The zero-order chi connectivity index (χ0) is 23.5. The van der Waals surface area contributed by atoms with Crippen molar-refractivity contribution in [2.75, 3.05) is 26.2 Å². The molecule has 1 aromatic carbocycles. The van der Waals surface area contributed by atoms with Crippen LogP contribution in [0.5, 0.6) is 11.6 Å². The van der Waals surface area contributed by atoms with Crippen LogP contribution in [0.2, 0.25) is 0 Å². The highest BCUT2D eigenvalue weighted by Gasteiger charge is 2.42. The van der Waals surface area contributed by atoms with Crippen LogP contribution in [0, 0.1) is 11.2 Å². The second-order valence-electron chi connectivity index (χ2n) is 10.4. The Labute approximate surface area is 201 Å². The number of piperidine rings is 2. The van der Waals surface area contributed by atoms with E-state index in [4.69, 9.17) is 4.74 Å². The van der Waals surface area contributed by atoms with Gasteiger partial charge in [0.2, 0.25) is 11.8 Å². The molecule has 7 heteroatoms. The first-order chi connectivity index (χ1) is 16.5. The number of carbonyl (C=O) groups is 1. The van der Waals surface area contributed by atoms with Gasteiger partial charge in [0.15, 0.2) is 0 Å². The summed E-state index contributed by atoms with van der Waals surface area (Å²) in [6.45, 7) is 5.74. The highest BCUT2D eigenvalue weighted by molar-refractivity contribution is 5.82. The molecule has 1 aromatic heterocycles. The zero-order valence-corrected chi connectivity index (χ0v) is 20.1. The molecule has 1 saturated carbocycles. The van der Waals surface area contributed by atoms with Crippen LogP contribution in [0.3, 0.4) is 0 Å². The monoisotopic (exact) mass is 466 g/mol. The number of nitrogens with zero attached hydrogens (tertiary/aromatic N) is 4. The molecule has 0 bridgehead atoms. The molecule has 0 atom stereocenters. The minimum atomic E-state index is -0.304. The van der Waals surface area contributed by atoms with Crippen LogP contribution in [0.25, 0.3) is 0 Å². The average molecular weight is 467 g/mol. The van der Waals surface area contributed by atoms with Gasteiger partial charge in [-0.1, -0.05) is 19.8 Å². The first kappa shape index (κ1) is 23.2. The maximum Gasteiger partial charge on any atom is 0.241 e. The number of ether oxygens (including phenoxy) is 1. The molecule has 34 heavy (non-hydrogen) atoms. The van der Waals surface area contributed by atoms with Crippen molar-refractivity contribution in [1.82, 2.24) is 19.8 Å². The van der Waals surface area contributed by atoms with Gasteiger partial charge in [-0.15, -0.1) is 0 Å². The Morgan fingerprint density at radius 1 is 0.971 bits per heavy atom. The molecule has 0 N–H and O–H groups in total. The molecule has 0 radical (unpaired) electrons. The van der Waals surface area contributed by atoms with E-state index >= 15 is 0 Å². The highest BCUT2D eigenvalue weighted by atomic mass is 19.1. The second kappa shape index (κ2) is 9.98. The second-order valence-corrected chi connectivity index (χ2v) is 10.4. The number of hydrogen-bond donors (Lipinski definition) is 0. The van der Waals surface area contributed by atoms with Crippen LogP contribution in [0.15, 0.2) is 36.7 Å². The number of benzene rings is 1. The summed E-state index contributed by atoms with van der Waals surface area (Å²) in [5, 5.41) is 0. The number of amides is 1. The van der Waals surface area contributed by atoms with E-state index in [1.807, 2.05) is 0 Å². The first-order valence-corrected chi connectivity index (χ1v) is 12.8. The molecule has 2 aromatic rings. The third-order valence-corrected chi connectivity index (χ3v) is 8.15. The first-order valence-electron chi connectivity index (χ1n) is 12.8. The summed E-state index contributed by atoms with van der Waals surface area (Å²) < 4.78 is 19.2. The van der Waals surface area contributed by atoms with E-state index < -0.39 is 0 Å². The predicted octanol–water partition coefficient (Wildman–Crippen LogP) is 5.16. The fraction of sp³-hybridized carbons (Fsp3) is 0.593. The summed E-state index contributed by atoms with van der Waals surface area (Å²) in [5.41, 5.74) is 0.570. The van der Waals surface area contributed by atoms with Gasteiger partial charge in [0.25, 0.3) is 0 Å². The lowest BCUT2D eigenvalue weighted by atomic mass is 9.78. The van der Waals surface area contributed by atoms with Crippen molar-refractivity contribution < 1.29 is 13.9 Å². The van der Waals surface area contributed by atoms with Crippen molar-refractivity contribution in [3.8, 4) is 11.6 Å². The molecule has 2 saturated heterocycles. The van der Waals surface area contributed by atoms with E-state index in [0.717, 1.165) is 63.6 Å². The molecule has 182 valence electrons. The van der Waals surface area contributed by atoms with Gasteiger partial charge in [-0.25, -0.2) is 9.37 Å². The maximum atomic E-state index is 13.5. The Morgan fingerprint density at radius 2 is 1.62 bits per heavy atom. The third kappa shape index (κ3) is 4.95. The Kier molecular flexibility index (Phi) is 6.82. The van der Waals surface area contributed by atoms with E-state index in [0.29, 0.717) is 17.5 Å². The lowest BCUT2D eigenvalue weighted by Crippen LogP contribution is -2.52. The maximum absolute atomic E-state index is 13.5. The molecule has 1 aliphatic carbocycles. The number of aromatic nitrogens is 2. The molecular weight excluding hydrogens is 431 g/mol. The summed E-state index contributed by atoms with van der Waals surface area (Å²) in [5.74, 6) is 1.20. The van der Waals surface area contributed by atoms with Gasteiger partial charge in [0, 0.05) is 42.9 Å².